The van der Waals surface area contributed by atoms with E-state index < -0.39 is 49.0 Å². The van der Waals surface area contributed by atoms with Gasteiger partial charge in [-0.2, -0.15) is 18.3 Å². The molecule has 2 aliphatic rings. The average Bonchev–Trinajstić information content (AvgIpc) is 3.27. The van der Waals surface area contributed by atoms with Gasteiger partial charge in [-0.05, 0) is 62.9 Å². The summed E-state index contributed by atoms with van der Waals surface area (Å²) in [6.07, 6.45) is -3.63. The third kappa shape index (κ3) is 8.49. The molecular formula is C29H40F4N4O5Si. The fourth-order valence-electron chi connectivity index (χ4n) is 4.97. The number of carbonyl (C=O) groups is 1. The summed E-state index contributed by atoms with van der Waals surface area (Å²) < 4.78 is 75.1. The van der Waals surface area contributed by atoms with Crippen LogP contribution in [-0.4, -0.2) is 60.2 Å². The van der Waals surface area contributed by atoms with Gasteiger partial charge in [0, 0.05) is 34.3 Å². The fourth-order valence-corrected chi connectivity index (χ4v) is 5.73. The second kappa shape index (κ2) is 12.5. The largest absolute Gasteiger partial charge is 0.485 e. The average molecular weight is 629 g/mol. The molecule has 1 aromatic heterocycles. The first-order valence-electron chi connectivity index (χ1n) is 14.4. The van der Waals surface area contributed by atoms with Crippen LogP contribution >= 0.6 is 0 Å². The van der Waals surface area contributed by atoms with Crippen molar-refractivity contribution in [3.05, 3.63) is 51.2 Å². The molecule has 4 rings (SSSR count). The number of amides is 1. The van der Waals surface area contributed by atoms with E-state index >= 15 is 4.39 Å². The lowest BCUT2D eigenvalue weighted by Gasteiger charge is -2.34. The fraction of sp³-hybridized carbons (Fsp3) is 0.621. The van der Waals surface area contributed by atoms with Gasteiger partial charge in [0.05, 0.1) is 18.4 Å². The van der Waals surface area contributed by atoms with E-state index in [2.05, 4.69) is 24.7 Å². The quantitative estimate of drug-likeness (QED) is 0.201. The summed E-state index contributed by atoms with van der Waals surface area (Å²) in [5.74, 6) is -0.702. The Balaban J connectivity index is 1.49. The summed E-state index contributed by atoms with van der Waals surface area (Å²) in [7, 11) is -1.42. The summed E-state index contributed by atoms with van der Waals surface area (Å²) in [5, 5.41) is 3.96. The van der Waals surface area contributed by atoms with E-state index in [1.54, 1.807) is 20.8 Å². The molecular weight excluding hydrogens is 588 g/mol. The van der Waals surface area contributed by atoms with E-state index in [9.17, 15) is 22.8 Å². The Hall–Kier alpha value is -3.13. The molecule has 2 aromatic rings. The van der Waals surface area contributed by atoms with Gasteiger partial charge in [-0.1, -0.05) is 19.6 Å². The number of carbonyl (C=O) groups excluding carboxylic acids is 1. The summed E-state index contributed by atoms with van der Waals surface area (Å²) in [5.41, 5.74) is -2.62. The lowest BCUT2D eigenvalue weighted by atomic mass is 10.1. The van der Waals surface area contributed by atoms with Gasteiger partial charge in [0.1, 0.15) is 24.0 Å². The van der Waals surface area contributed by atoms with E-state index in [0.29, 0.717) is 41.8 Å². The van der Waals surface area contributed by atoms with Crippen molar-refractivity contribution in [1.82, 2.24) is 14.7 Å². The van der Waals surface area contributed by atoms with Crippen molar-refractivity contribution in [1.29, 1.82) is 0 Å². The van der Waals surface area contributed by atoms with E-state index in [4.69, 9.17) is 14.2 Å². The predicted molar refractivity (Wildman–Crippen MR) is 155 cm³/mol. The molecule has 0 saturated carbocycles. The minimum Gasteiger partial charge on any atom is -0.485 e. The number of anilines is 1. The van der Waals surface area contributed by atoms with Crippen molar-refractivity contribution >= 4 is 19.9 Å². The minimum absolute atomic E-state index is 0.00158. The zero-order valence-corrected chi connectivity index (χ0v) is 26.5. The van der Waals surface area contributed by atoms with Crippen LogP contribution in [0.3, 0.4) is 0 Å². The van der Waals surface area contributed by atoms with Gasteiger partial charge in [0.2, 0.25) is 0 Å². The zero-order chi connectivity index (χ0) is 31.7. The smallest absolute Gasteiger partial charge is 0.423 e. The van der Waals surface area contributed by atoms with Crippen molar-refractivity contribution in [2.24, 2.45) is 0 Å². The first-order valence-corrected chi connectivity index (χ1v) is 18.1. The summed E-state index contributed by atoms with van der Waals surface area (Å²) in [6.45, 7) is 12.4. The maximum atomic E-state index is 15.1. The third-order valence-electron chi connectivity index (χ3n) is 7.16. The summed E-state index contributed by atoms with van der Waals surface area (Å²) in [6, 6.07) is 3.52. The number of aromatic nitrogens is 2. The van der Waals surface area contributed by atoms with E-state index in [0.717, 1.165) is 12.2 Å². The molecule has 1 amide bonds. The number of benzene rings is 1. The van der Waals surface area contributed by atoms with Crippen LogP contribution in [0.1, 0.15) is 50.3 Å². The molecule has 0 aliphatic carbocycles. The highest BCUT2D eigenvalue weighted by Crippen LogP contribution is 2.38. The number of nitrogens with zero attached hydrogens (tertiary/aromatic N) is 4. The van der Waals surface area contributed by atoms with E-state index in [1.807, 2.05) is 0 Å². The lowest BCUT2D eigenvalue weighted by molar-refractivity contribution is -0.138. The number of halogens is 4. The molecule has 238 valence electrons. The Kier molecular flexibility index (Phi) is 9.50. The van der Waals surface area contributed by atoms with Gasteiger partial charge in [0.25, 0.3) is 5.56 Å². The number of hydrogen-bond donors (Lipinski definition) is 0. The normalized spacial score (nSPS) is 17.7. The molecule has 1 atom stereocenters. The van der Waals surface area contributed by atoms with Crippen molar-refractivity contribution in [2.45, 2.75) is 97.0 Å². The van der Waals surface area contributed by atoms with Crippen molar-refractivity contribution in [3.63, 3.8) is 0 Å². The number of hydrogen-bond acceptors (Lipinski definition) is 7. The molecule has 3 heterocycles. The lowest BCUT2D eigenvalue weighted by Crippen LogP contribution is -2.46. The van der Waals surface area contributed by atoms with E-state index in [-0.39, 0.29) is 37.8 Å². The van der Waals surface area contributed by atoms with Crippen LogP contribution in [0.15, 0.2) is 23.1 Å². The Bertz CT molecular complexity index is 1390. The molecule has 9 nitrogen and oxygen atoms in total. The second-order valence-electron chi connectivity index (χ2n) is 13.3. The maximum Gasteiger partial charge on any atom is 0.423 e. The van der Waals surface area contributed by atoms with Crippen LogP contribution in [0.5, 0.6) is 5.75 Å². The Morgan fingerprint density at radius 1 is 1.12 bits per heavy atom. The number of piperidine rings is 1. The van der Waals surface area contributed by atoms with Gasteiger partial charge < -0.3 is 24.0 Å². The molecule has 2 aliphatic heterocycles. The molecule has 43 heavy (non-hydrogen) atoms. The highest BCUT2D eigenvalue weighted by atomic mass is 28.3. The monoisotopic (exact) mass is 628 g/mol. The van der Waals surface area contributed by atoms with Gasteiger partial charge in [-0.3, -0.25) is 4.79 Å². The Labute approximate surface area is 249 Å². The van der Waals surface area contributed by atoms with Crippen molar-refractivity contribution in [3.8, 4) is 5.75 Å². The highest BCUT2D eigenvalue weighted by molar-refractivity contribution is 6.76. The molecule has 1 fully saturated rings. The first-order chi connectivity index (χ1) is 19.9. The second-order valence-corrected chi connectivity index (χ2v) is 18.9. The molecule has 0 spiro atoms. The van der Waals surface area contributed by atoms with Crippen molar-refractivity contribution < 1.29 is 36.6 Å². The summed E-state index contributed by atoms with van der Waals surface area (Å²) in [4.78, 5) is 28.3. The molecule has 0 bridgehead atoms. The van der Waals surface area contributed by atoms with Gasteiger partial charge >= 0.3 is 12.3 Å². The third-order valence-corrected chi connectivity index (χ3v) is 8.86. The molecule has 0 N–H and O–H groups in total. The minimum atomic E-state index is -4.94. The number of fused-ring (bicyclic) bond motifs is 1. The number of ether oxygens (including phenoxy) is 3. The standard InChI is InChI=1S/C29H40F4N4O5Si/c1-28(2,3)42-27(39)35-9-7-8-21(17-35)41-24-13-20-16-36(15-19(20)12-22(24)30)23-14-34-37(18-40-10-11-43(4,5)6)26(38)25(23)29(31,32)33/h12-14,21H,7-11,15-18H2,1-6H3. The zero-order valence-electron chi connectivity index (χ0n) is 25.5. The maximum absolute atomic E-state index is 15.1. The van der Waals surface area contributed by atoms with Crippen LogP contribution in [0.25, 0.3) is 0 Å². The topological polar surface area (TPSA) is 86.1 Å². The van der Waals surface area contributed by atoms with Gasteiger partial charge in [-0.15, -0.1) is 0 Å². The molecule has 14 heteroatoms. The number of alkyl halides is 3. The number of likely N-dealkylation sites (tertiary alicyclic amines) is 1. The van der Waals surface area contributed by atoms with Crippen LogP contribution in [-0.2, 0) is 35.5 Å². The van der Waals surface area contributed by atoms with Crippen LogP contribution in [0.2, 0.25) is 25.7 Å². The van der Waals surface area contributed by atoms with Crippen LogP contribution in [0.4, 0.5) is 28.0 Å². The van der Waals surface area contributed by atoms with Crippen LogP contribution in [0, 0.1) is 5.82 Å². The highest BCUT2D eigenvalue weighted by Gasteiger charge is 2.41. The van der Waals surface area contributed by atoms with Gasteiger partial charge in [0.15, 0.2) is 11.6 Å². The molecule has 0 radical (unpaired) electrons. The predicted octanol–water partition coefficient (Wildman–Crippen LogP) is 6.01. The molecule has 1 saturated heterocycles. The molecule has 1 unspecified atom stereocenters. The van der Waals surface area contributed by atoms with Crippen molar-refractivity contribution in [2.75, 3.05) is 24.6 Å². The molecule has 1 aromatic carbocycles. The van der Waals surface area contributed by atoms with Crippen LogP contribution < -0.4 is 15.2 Å². The first kappa shape index (κ1) is 32.8. The SMILES string of the molecule is CC(C)(C)OC(=O)N1CCCC(Oc2cc3c(cc2F)CN(c2cnn(COCC[Si](C)(C)C)c(=O)c2C(F)(F)F)C3)C1. The van der Waals surface area contributed by atoms with Gasteiger partial charge in [-0.25, -0.2) is 13.9 Å². The number of rotatable bonds is 8. The summed E-state index contributed by atoms with van der Waals surface area (Å²) >= 11 is 0. The Morgan fingerprint density at radius 2 is 1.79 bits per heavy atom. The van der Waals surface area contributed by atoms with E-state index in [1.165, 1.54) is 21.9 Å². The Morgan fingerprint density at radius 3 is 2.42 bits per heavy atom.